The van der Waals surface area contributed by atoms with Gasteiger partial charge in [0.1, 0.15) is 21.9 Å². The van der Waals surface area contributed by atoms with Crippen LogP contribution in [0, 0.1) is 28.6 Å². The molecule has 19 heterocycles. The second-order valence-corrected chi connectivity index (χ2v) is 37.2. The predicted octanol–water partition coefficient (Wildman–Crippen LogP) is 7.21. The zero-order valence-corrected chi connectivity index (χ0v) is 75.5. The van der Waals surface area contributed by atoms with Gasteiger partial charge < -0.3 is 72.0 Å². The van der Waals surface area contributed by atoms with Crippen LogP contribution < -0.4 is 75.2 Å². The first-order valence-electron chi connectivity index (χ1n) is 42.5. The molecule has 20 rings (SSSR count). The van der Waals surface area contributed by atoms with E-state index in [1.54, 1.807) is 78.0 Å². The number of methoxy groups -OCH3 is 1. The second-order valence-electron chi connectivity index (χ2n) is 35.3. The minimum absolute atomic E-state index is 0.0130. The number of anilines is 5. The van der Waals surface area contributed by atoms with Crippen molar-refractivity contribution in [3.05, 3.63) is 195 Å². The van der Waals surface area contributed by atoms with Crippen LogP contribution in [0.15, 0.2) is 94.1 Å². The van der Waals surface area contributed by atoms with Gasteiger partial charge in [-0.05, 0) is 116 Å². The molecule has 0 bridgehead atoms. The molecule has 0 unspecified atom stereocenters. The van der Waals surface area contributed by atoms with Crippen LogP contribution in [0.3, 0.4) is 0 Å². The summed E-state index contributed by atoms with van der Waals surface area (Å²) < 4.78 is 35.1. The van der Waals surface area contributed by atoms with E-state index in [0.29, 0.717) is 192 Å². The number of piperidine rings is 4. The lowest BCUT2D eigenvalue weighted by atomic mass is 9.73. The lowest BCUT2D eigenvalue weighted by Gasteiger charge is -2.41. The fourth-order valence-corrected chi connectivity index (χ4v) is 21.2. The fourth-order valence-electron chi connectivity index (χ4n) is 20.2. The maximum Gasteiger partial charge on any atom is 0.264 e. The molecule has 8 atom stereocenters. The lowest BCUT2D eigenvalue weighted by Crippen LogP contribution is -2.51. The molecule has 12 aliphatic heterocycles. The number of halogens is 5. The minimum Gasteiger partial charge on any atom is -0.495 e. The average molecular weight is 1810 g/mol. The number of nitrogen functional groups attached to an aromatic ring is 1. The van der Waals surface area contributed by atoms with E-state index >= 15 is 0 Å². The van der Waals surface area contributed by atoms with Gasteiger partial charge in [-0.25, -0.2) is 34.9 Å². The Bertz CT molecular complexity index is 5640. The Morgan fingerprint density at radius 3 is 1.06 bits per heavy atom. The van der Waals surface area contributed by atoms with Crippen LogP contribution in [0.2, 0.25) is 25.4 Å². The SMILES string of the molecule is COc1cccc(C2=NCc3nc(N4CCC5(CC4)CO[C@@H](C)[C@H]5N)n(C)c(=O)c32)c1Cl.C[C@@H]1OCC2(CCN(c3nc4c(c(=O)n3C)C(c3cc(Cl)ncc3Cl)=NC4)CC2)[C@@H]1N.C[C@@H]1OCC2(CCN(c3nc4c(c(=O)n3C)C(c3cc(N)ncc3Cl)=NC4)CC2)[C@@H]1N.Cc1c(C2=NCc3nc(N4CCC5(CC4)CO[C@@H](C)[C@H]5N)n(C)c(=O)c32)ccnc1Cl. The molecule has 0 radical (unpaired) electrons. The van der Waals surface area contributed by atoms with Crippen LogP contribution in [-0.4, -0.2) is 210 Å². The van der Waals surface area contributed by atoms with E-state index in [0.717, 1.165) is 121 Å². The summed E-state index contributed by atoms with van der Waals surface area (Å²) in [5, 5.41) is 1.95. The molecule has 12 aliphatic rings. The van der Waals surface area contributed by atoms with Crippen LogP contribution in [0.1, 0.15) is 152 Å². The first-order valence-corrected chi connectivity index (χ1v) is 44.4. The van der Waals surface area contributed by atoms with Crippen molar-refractivity contribution < 1.29 is 23.7 Å². The van der Waals surface area contributed by atoms with Gasteiger partial charge in [0.15, 0.2) is 0 Å². The van der Waals surface area contributed by atoms with E-state index < -0.39 is 0 Å². The summed E-state index contributed by atoms with van der Waals surface area (Å²) in [6.07, 6.45) is 12.3. The highest BCUT2D eigenvalue weighted by Crippen LogP contribution is 2.47. The van der Waals surface area contributed by atoms with Crippen LogP contribution >= 0.6 is 58.0 Å². The third kappa shape index (κ3) is 15.5. The number of fused-ring (bicyclic) bond motifs is 4. The van der Waals surface area contributed by atoms with Crippen molar-refractivity contribution in [2.24, 2.45) is 92.8 Å². The van der Waals surface area contributed by atoms with Crippen molar-refractivity contribution in [3.8, 4) is 5.75 Å². The molecule has 0 amide bonds. The summed E-state index contributed by atoms with van der Waals surface area (Å²) in [7, 11) is 8.62. The molecule has 0 saturated carbocycles. The molecular weight excluding hydrogens is 1700 g/mol. The molecule has 10 N–H and O–H groups in total. The molecule has 8 aromatic rings. The van der Waals surface area contributed by atoms with Gasteiger partial charge in [-0.15, -0.1) is 0 Å². The molecule has 33 nitrogen and oxygen atoms in total. The number of aliphatic imine (C=N–C) groups is 4. The van der Waals surface area contributed by atoms with Gasteiger partial charge >= 0.3 is 0 Å². The Morgan fingerprint density at radius 1 is 0.424 bits per heavy atom. The first-order chi connectivity index (χ1) is 59.8. The lowest BCUT2D eigenvalue weighted by molar-refractivity contribution is 0.0972. The zero-order chi connectivity index (χ0) is 88.4. The molecule has 0 aliphatic carbocycles. The van der Waals surface area contributed by atoms with Crippen LogP contribution in [0.4, 0.5) is 29.6 Å². The number of nitrogens with zero attached hydrogens (tertiary/aromatic N) is 19. The highest BCUT2D eigenvalue weighted by atomic mass is 35.5. The largest absolute Gasteiger partial charge is 0.495 e. The number of ether oxygens (including phenoxy) is 5. The van der Waals surface area contributed by atoms with Gasteiger partial charge in [0.05, 0.1) is 167 Å². The molecule has 7 aromatic heterocycles. The Hall–Kier alpha value is -9.20. The standard InChI is InChI=1S/C23H28ClN5O3.C22H27ClN6O2.C21H24Cl2N6O2.C21H26ClN7O2/c1-13-20(25)23(12-32-13)7-9-29(10-8-23)22-27-15-11-26-19(17(15)21(30)28(22)2)14-5-4-6-16(31-3)18(14)24;1-12-14(4-7-25-19(12)23)17-16-15(10-26-17)27-21(28(3)20(16)30)29-8-5-22(6-9-29)11-31-13(2)18(22)24;2*1-11-18(24)21(10-31-11)3-5-29(6-4-21)20-27-14-9-26-17(16(14)19(30)28(20)2)12-7-15(23)25-8-13(12)22/h4-6,13,20H,7-12,25H2,1-3H3;4,7,13,18H,5-6,8-11,24H2,1-3H3;7-8,11,18H,3-6,9-10,24H2,1-2H3;7-8,11,18H,3-6,9-10,24H2,1-2H3,(H2,23,25)/t13-,20+;13-,18+;2*11-,18+/m0000/s1. The minimum atomic E-state index is -0.143. The molecular formula is C87H105Cl5N24O9. The quantitative estimate of drug-likeness (QED) is 0.0891. The third-order valence-corrected chi connectivity index (χ3v) is 30.0. The van der Waals surface area contributed by atoms with E-state index in [9.17, 15) is 19.2 Å². The van der Waals surface area contributed by atoms with Gasteiger partial charge in [0.25, 0.3) is 22.2 Å². The molecule has 1 aromatic carbocycles. The van der Waals surface area contributed by atoms with Crippen molar-refractivity contribution in [2.75, 3.05) is 111 Å². The average Bonchev–Trinajstić information content (AvgIpc) is 1.65. The fraction of sp³-hybridized carbons (Fsp3) is 0.529. The van der Waals surface area contributed by atoms with E-state index in [-0.39, 0.29) is 92.5 Å². The summed E-state index contributed by atoms with van der Waals surface area (Å²) in [5.41, 5.74) is 41.7. The van der Waals surface area contributed by atoms with Crippen molar-refractivity contribution >= 4 is 110 Å². The Morgan fingerprint density at radius 2 is 0.736 bits per heavy atom. The highest BCUT2D eigenvalue weighted by Gasteiger charge is 2.53. The van der Waals surface area contributed by atoms with Crippen molar-refractivity contribution in [1.82, 2.24) is 53.2 Å². The number of aromatic nitrogens is 11. The van der Waals surface area contributed by atoms with E-state index in [1.165, 1.54) is 12.4 Å². The third-order valence-electron chi connectivity index (χ3n) is 28.5. The summed E-state index contributed by atoms with van der Waals surface area (Å²) in [6, 6.07) is 10.8. The zero-order valence-electron chi connectivity index (χ0n) is 71.7. The first kappa shape index (κ1) is 87.9. The number of benzene rings is 1. The van der Waals surface area contributed by atoms with Gasteiger partial charge in [-0.3, -0.25) is 57.4 Å². The maximum atomic E-state index is 13.4. The molecule has 8 fully saturated rings. The summed E-state index contributed by atoms with van der Waals surface area (Å²) in [5.74, 6) is 3.57. The molecule has 38 heteroatoms. The van der Waals surface area contributed by atoms with Crippen LogP contribution in [0.25, 0.3) is 0 Å². The Balaban J connectivity index is 0.000000118. The molecule has 662 valence electrons. The number of pyridine rings is 3. The predicted molar refractivity (Wildman–Crippen MR) is 484 cm³/mol. The number of rotatable bonds is 9. The van der Waals surface area contributed by atoms with Crippen LogP contribution in [0.5, 0.6) is 5.75 Å². The van der Waals surface area contributed by atoms with Gasteiger partial charge in [0.2, 0.25) is 23.8 Å². The number of nitrogens with two attached hydrogens (primary N) is 5. The Labute approximate surface area is 747 Å². The Kier molecular flexibility index (Phi) is 24.2. The van der Waals surface area contributed by atoms with Gasteiger partial charge in [0, 0.05) is 167 Å². The normalized spacial score (nSPS) is 24.4. The topological polar surface area (TPSA) is 417 Å². The summed E-state index contributed by atoms with van der Waals surface area (Å²) in [6.45, 7) is 20.6. The maximum absolute atomic E-state index is 13.4. The van der Waals surface area contributed by atoms with Crippen molar-refractivity contribution in [3.63, 3.8) is 0 Å². The van der Waals surface area contributed by atoms with Crippen molar-refractivity contribution in [2.45, 2.75) is 161 Å². The number of hydrogen-bond donors (Lipinski definition) is 5. The highest BCUT2D eigenvalue weighted by molar-refractivity contribution is 6.38. The van der Waals surface area contributed by atoms with E-state index in [1.807, 2.05) is 52.8 Å². The summed E-state index contributed by atoms with van der Waals surface area (Å²) in [4.78, 5) is 112. The smallest absolute Gasteiger partial charge is 0.264 e. The van der Waals surface area contributed by atoms with Gasteiger partial charge in [-0.2, -0.15) is 0 Å². The van der Waals surface area contributed by atoms with Gasteiger partial charge in [-0.1, -0.05) is 70.1 Å². The van der Waals surface area contributed by atoms with Crippen LogP contribution in [-0.2, 0) is 73.3 Å². The monoisotopic (exact) mass is 1800 g/mol. The molecule has 4 spiro atoms. The second kappa shape index (κ2) is 34.4. The van der Waals surface area contributed by atoms with E-state index in [2.05, 4.69) is 54.5 Å². The van der Waals surface area contributed by atoms with E-state index in [4.69, 9.17) is 130 Å². The molecule has 125 heavy (non-hydrogen) atoms. The summed E-state index contributed by atoms with van der Waals surface area (Å²) >= 11 is 31.4. The van der Waals surface area contributed by atoms with Crippen molar-refractivity contribution in [1.29, 1.82) is 0 Å². The number of hydrogen-bond acceptors (Lipinski definition) is 29. The molecule has 8 saturated heterocycles.